The average Bonchev–Trinajstić information content (AvgIpc) is 2.83. The quantitative estimate of drug-likeness (QED) is 0.412. The van der Waals surface area contributed by atoms with Crippen LogP contribution in [0.3, 0.4) is 0 Å². The predicted molar refractivity (Wildman–Crippen MR) is 129 cm³/mol. The molecule has 0 saturated carbocycles. The van der Waals surface area contributed by atoms with Crippen molar-refractivity contribution in [1.29, 1.82) is 0 Å². The molecule has 0 aliphatic rings. The van der Waals surface area contributed by atoms with Crippen LogP contribution in [0.4, 0.5) is 0 Å². The van der Waals surface area contributed by atoms with Crippen molar-refractivity contribution >= 4 is 17.5 Å². The Kier molecular flexibility index (Phi) is 8.84. The summed E-state index contributed by atoms with van der Waals surface area (Å²) in [6.45, 7) is 3.16. The van der Waals surface area contributed by atoms with Crippen LogP contribution in [0.2, 0.25) is 5.02 Å². The van der Waals surface area contributed by atoms with E-state index >= 15 is 0 Å². The molecule has 0 bridgehead atoms. The molecule has 0 aliphatic carbocycles. The lowest BCUT2D eigenvalue weighted by atomic mass is 10.1. The Bertz CT molecular complexity index is 1090. The van der Waals surface area contributed by atoms with Gasteiger partial charge in [-0.2, -0.15) is 0 Å². The summed E-state index contributed by atoms with van der Waals surface area (Å²) in [5.41, 5.74) is 2.36. The van der Waals surface area contributed by atoms with Crippen molar-refractivity contribution in [2.24, 2.45) is 0 Å². The lowest BCUT2D eigenvalue weighted by Gasteiger charge is -2.14. The first-order valence-electron chi connectivity index (χ1n) is 10.7. The van der Waals surface area contributed by atoms with Crippen molar-refractivity contribution in [3.63, 3.8) is 0 Å². The monoisotopic (exact) mass is 469 g/mol. The summed E-state index contributed by atoms with van der Waals surface area (Å²) in [6.07, 6.45) is 0.661. The summed E-state index contributed by atoms with van der Waals surface area (Å²) in [5, 5.41) is 3.56. The SMILES string of the molecule is CCOc1ccc(C(=O)NCCc2ccc(OC)c(OC)c2)cc1COc1cccc(Cl)c1. The Morgan fingerprint density at radius 1 is 0.909 bits per heavy atom. The van der Waals surface area contributed by atoms with Gasteiger partial charge >= 0.3 is 0 Å². The Labute approximate surface area is 199 Å². The zero-order valence-electron chi connectivity index (χ0n) is 19.0. The second-order valence-electron chi connectivity index (χ2n) is 7.20. The molecule has 3 aromatic carbocycles. The first-order valence-corrected chi connectivity index (χ1v) is 11.0. The molecule has 0 heterocycles. The highest BCUT2D eigenvalue weighted by molar-refractivity contribution is 6.30. The van der Waals surface area contributed by atoms with Crippen molar-refractivity contribution in [2.75, 3.05) is 27.4 Å². The minimum Gasteiger partial charge on any atom is -0.493 e. The molecule has 3 rings (SSSR count). The number of amides is 1. The number of carbonyl (C=O) groups excluding carboxylic acids is 1. The van der Waals surface area contributed by atoms with E-state index in [-0.39, 0.29) is 12.5 Å². The van der Waals surface area contributed by atoms with E-state index in [4.69, 9.17) is 30.5 Å². The fraction of sp³-hybridized carbons (Fsp3) is 0.269. The molecule has 0 aromatic heterocycles. The summed E-state index contributed by atoms with van der Waals surface area (Å²) in [5.74, 6) is 2.50. The standard InChI is InChI=1S/C26H28ClNO5/c1-4-32-23-11-9-19(15-20(23)17-33-22-7-5-6-21(27)16-22)26(29)28-13-12-18-8-10-24(30-2)25(14-18)31-3/h5-11,14-16H,4,12-13,17H2,1-3H3,(H,28,29). The van der Waals surface area contributed by atoms with Gasteiger partial charge in [0, 0.05) is 22.7 Å². The number of hydrogen-bond acceptors (Lipinski definition) is 5. The van der Waals surface area contributed by atoms with E-state index in [2.05, 4.69) is 5.32 Å². The predicted octanol–water partition coefficient (Wildman–Crippen LogP) is 5.31. The topological polar surface area (TPSA) is 66.0 Å². The first kappa shape index (κ1) is 24.3. The summed E-state index contributed by atoms with van der Waals surface area (Å²) in [6, 6.07) is 18.2. The van der Waals surface area contributed by atoms with E-state index in [0.717, 1.165) is 11.1 Å². The third-order valence-electron chi connectivity index (χ3n) is 4.96. The first-order chi connectivity index (χ1) is 16.0. The molecule has 33 heavy (non-hydrogen) atoms. The number of carbonyl (C=O) groups is 1. The minimum atomic E-state index is -0.164. The van der Waals surface area contributed by atoms with Gasteiger partial charge < -0.3 is 24.3 Å². The van der Waals surface area contributed by atoms with E-state index < -0.39 is 0 Å². The Morgan fingerprint density at radius 2 is 1.70 bits per heavy atom. The maximum absolute atomic E-state index is 12.7. The number of halogens is 1. The number of benzene rings is 3. The maximum Gasteiger partial charge on any atom is 0.251 e. The molecular formula is C26H28ClNO5. The van der Waals surface area contributed by atoms with Crippen LogP contribution in [0, 0.1) is 0 Å². The molecule has 7 heteroatoms. The highest BCUT2D eigenvalue weighted by Crippen LogP contribution is 2.28. The highest BCUT2D eigenvalue weighted by atomic mass is 35.5. The van der Waals surface area contributed by atoms with Crippen LogP contribution in [-0.2, 0) is 13.0 Å². The van der Waals surface area contributed by atoms with Crippen LogP contribution in [0.15, 0.2) is 60.7 Å². The number of ether oxygens (including phenoxy) is 4. The van der Waals surface area contributed by atoms with Gasteiger partial charge in [-0.05, 0) is 67.4 Å². The maximum atomic E-state index is 12.7. The molecule has 0 spiro atoms. The summed E-state index contributed by atoms with van der Waals surface area (Å²) < 4.78 is 22.2. The summed E-state index contributed by atoms with van der Waals surface area (Å²) >= 11 is 6.03. The molecule has 1 N–H and O–H groups in total. The molecule has 0 unspecified atom stereocenters. The van der Waals surface area contributed by atoms with Gasteiger partial charge in [0.05, 0.1) is 20.8 Å². The zero-order valence-corrected chi connectivity index (χ0v) is 19.8. The summed E-state index contributed by atoms with van der Waals surface area (Å²) in [7, 11) is 3.20. The van der Waals surface area contributed by atoms with Gasteiger partial charge in [0.15, 0.2) is 11.5 Å². The smallest absolute Gasteiger partial charge is 0.251 e. The zero-order chi connectivity index (χ0) is 23.6. The van der Waals surface area contributed by atoms with E-state index in [1.165, 1.54) is 0 Å². The van der Waals surface area contributed by atoms with Crippen molar-refractivity contribution in [1.82, 2.24) is 5.32 Å². The van der Waals surface area contributed by atoms with E-state index in [9.17, 15) is 4.79 Å². The molecular weight excluding hydrogens is 442 g/mol. The third kappa shape index (κ3) is 6.80. The molecule has 1 amide bonds. The normalized spacial score (nSPS) is 10.4. The molecule has 6 nitrogen and oxygen atoms in total. The van der Waals surface area contributed by atoms with Crippen LogP contribution in [-0.4, -0.2) is 33.3 Å². The average molecular weight is 470 g/mol. The fourth-order valence-electron chi connectivity index (χ4n) is 3.31. The van der Waals surface area contributed by atoms with Crippen molar-refractivity contribution in [3.8, 4) is 23.0 Å². The number of nitrogens with one attached hydrogen (secondary N) is 1. The molecule has 0 aliphatic heterocycles. The highest BCUT2D eigenvalue weighted by Gasteiger charge is 2.12. The third-order valence-corrected chi connectivity index (χ3v) is 5.20. The van der Waals surface area contributed by atoms with Crippen LogP contribution in [0.1, 0.15) is 28.4 Å². The second-order valence-corrected chi connectivity index (χ2v) is 7.63. The van der Waals surface area contributed by atoms with Crippen LogP contribution >= 0.6 is 11.6 Å². The second kappa shape index (κ2) is 12.0. The van der Waals surface area contributed by atoms with Crippen molar-refractivity contribution < 1.29 is 23.7 Å². The van der Waals surface area contributed by atoms with E-state index in [0.29, 0.717) is 53.2 Å². The van der Waals surface area contributed by atoms with Crippen molar-refractivity contribution in [2.45, 2.75) is 20.0 Å². The van der Waals surface area contributed by atoms with Crippen molar-refractivity contribution in [3.05, 3.63) is 82.4 Å². The lowest BCUT2D eigenvalue weighted by molar-refractivity contribution is 0.0954. The number of methoxy groups -OCH3 is 2. The molecule has 174 valence electrons. The molecule has 3 aromatic rings. The van der Waals surface area contributed by atoms with Gasteiger partial charge in [0.1, 0.15) is 18.1 Å². The van der Waals surface area contributed by atoms with Crippen LogP contribution in [0.25, 0.3) is 0 Å². The Hall–Kier alpha value is -3.38. The van der Waals surface area contributed by atoms with E-state index in [1.807, 2.05) is 37.3 Å². The molecule has 0 atom stereocenters. The number of rotatable bonds is 11. The fourth-order valence-corrected chi connectivity index (χ4v) is 3.49. The van der Waals surface area contributed by atoms with Crippen LogP contribution < -0.4 is 24.3 Å². The van der Waals surface area contributed by atoms with Gasteiger partial charge in [-0.15, -0.1) is 0 Å². The number of hydrogen-bond donors (Lipinski definition) is 1. The van der Waals surface area contributed by atoms with Gasteiger partial charge in [-0.25, -0.2) is 0 Å². The molecule has 0 radical (unpaired) electrons. The Morgan fingerprint density at radius 3 is 2.42 bits per heavy atom. The minimum absolute atomic E-state index is 0.164. The summed E-state index contributed by atoms with van der Waals surface area (Å²) in [4.78, 5) is 12.7. The Balaban J connectivity index is 1.64. The van der Waals surface area contributed by atoms with Gasteiger partial charge in [0.25, 0.3) is 5.91 Å². The van der Waals surface area contributed by atoms with Gasteiger partial charge in [0.2, 0.25) is 0 Å². The molecule has 0 saturated heterocycles. The van der Waals surface area contributed by atoms with Gasteiger partial charge in [-0.3, -0.25) is 4.79 Å². The largest absolute Gasteiger partial charge is 0.493 e. The van der Waals surface area contributed by atoms with Gasteiger partial charge in [-0.1, -0.05) is 23.7 Å². The molecule has 0 fully saturated rings. The van der Waals surface area contributed by atoms with E-state index in [1.54, 1.807) is 44.6 Å². The lowest BCUT2D eigenvalue weighted by Crippen LogP contribution is -2.25. The van der Waals surface area contributed by atoms with Crippen LogP contribution in [0.5, 0.6) is 23.0 Å².